The summed E-state index contributed by atoms with van der Waals surface area (Å²) in [6.45, 7) is 3.94. The van der Waals surface area contributed by atoms with E-state index in [-0.39, 0.29) is 5.91 Å². The number of carbonyl (C=O) groups excluding carboxylic acids is 1. The summed E-state index contributed by atoms with van der Waals surface area (Å²) in [4.78, 5) is 18.2. The Balaban J connectivity index is 1.58. The van der Waals surface area contributed by atoms with Gasteiger partial charge in [0.2, 0.25) is 5.91 Å². The third-order valence-electron chi connectivity index (χ3n) is 5.90. The molecule has 4 rings (SSSR count). The Morgan fingerprint density at radius 2 is 1.90 bits per heavy atom. The molecule has 160 valence electrons. The monoisotopic (exact) mass is 415 g/mol. The molecule has 31 heavy (non-hydrogen) atoms. The van der Waals surface area contributed by atoms with E-state index in [1.165, 1.54) is 30.0 Å². The normalized spacial score (nSPS) is 16.3. The quantitative estimate of drug-likeness (QED) is 0.606. The van der Waals surface area contributed by atoms with E-state index in [1.807, 2.05) is 18.3 Å². The van der Waals surface area contributed by atoms with E-state index in [0.29, 0.717) is 12.6 Å². The predicted octanol–water partition coefficient (Wildman–Crippen LogP) is 4.73. The third-order valence-corrected chi connectivity index (χ3v) is 5.90. The van der Waals surface area contributed by atoms with Crippen LogP contribution in [-0.2, 0) is 17.9 Å². The molecule has 1 aliphatic heterocycles. The molecule has 5 nitrogen and oxygen atoms in total. The van der Waals surface area contributed by atoms with E-state index in [0.717, 1.165) is 36.5 Å². The van der Waals surface area contributed by atoms with Gasteiger partial charge in [0.25, 0.3) is 0 Å². The number of hydrogen-bond donors (Lipinski definition) is 1. The minimum Gasteiger partial charge on any atom is -0.496 e. The first-order valence-corrected chi connectivity index (χ1v) is 10.8. The fraction of sp³-hybridized carbons (Fsp3) is 0.308. The molecule has 0 spiro atoms. The number of para-hydroxylation sites is 1. The molecule has 0 bridgehead atoms. The first-order valence-electron chi connectivity index (χ1n) is 10.8. The average Bonchev–Trinajstić information content (AvgIpc) is 3.26. The van der Waals surface area contributed by atoms with Crippen LogP contribution in [0.1, 0.15) is 42.6 Å². The molecule has 1 saturated heterocycles. The first kappa shape index (κ1) is 21.1. The van der Waals surface area contributed by atoms with Crippen molar-refractivity contribution in [3.8, 4) is 16.9 Å². The molecule has 1 fully saturated rings. The van der Waals surface area contributed by atoms with Gasteiger partial charge in [-0.3, -0.25) is 14.7 Å². The second-order valence-electron chi connectivity index (χ2n) is 7.98. The van der Waals surface area contributed by atoms with Gasteiger partial charge in [-0.25, -0.2) is 0 Å². The molecule has 0 unspecified atom stereocenters. The van der Waals surface area contributed by atoms with Gasteiger partial charge in [0.1, 0.15) is 5.75 Å². The Bertz CT molecular complexity index is 1050. The van der Waals surface area contributed by atoms with Crippen LogP contribution in [0.3, 0.4) is 0 Å². The van der Waals surface area contributed by atoms with Crippen LogP contribution in [0.2, 0.25) is 0 Å². The van der Waals surface area contributed by atoms with Gasteiger partial charge in [-0.15, -0.1) is 0 Å². The smallest absolute Gasteiger partial charge is 0.217 e. The number of carbonyl (C=O) groups is 1. The minimum atomic E-state index is -0.0392. The van der Waals surface area contributed by atoms with E-state index >= 15 is 0 Å². The lowest BCUT2D eigenvalue weighted by Gasteiger charge is -2.26. The van der Waals surface area contributed by atoms with Gasteiger partial charge in [-0.05, 0) is 54.3 Å². The maximum atomic E-state index is 11.3. The van der Waals surface area contributed by atoms with E-state index < -0.39 is 0 Å². The molecule has 0 radical (unpaired) electrons. The summed E-state index contributed by atoms with van der Waals surface area (Å²) in [5, 5.41) is 2.84. The average molecular weight is 416 g/mol. The van der Waals surface area contributed by atoms with Gasteiger partial charge in [0.05, 0.1) is 19.3 Å². The molecule has 2 aromatic carbocycles. The van der Waals surface area contributed by atoms with Gasteiger partial charge in [-0.1, -0.05) is 42.5 Å². The zero-order valence-electron chi connectivity index (χ0n) is 18.2. The molecule has 1 aliphatic rings. The van der Waals surface area contributed by atoms with Crippen LogP contribution in [-0.4, -0.2) is 29.4 Å². The van der Waals surface area contributed by atoms with Crippen molar-refractivity contribution in [1.82, 2.24) is 15.2 Å². The topological polar surface area (TPSA) is 54.5 Å². The molecule has 1 N–H and O–H groups in total. The van der Waals surface area contributed by atoms with Crippen molar-refractivity contribution in [3.63, 3.8) is 0 Å². The summed E-state index contributed by atoms with van der Waals surface area (Å²) < 4.78 is 5.62. The Hall–Kier alpha value is -3.18. The van der Waals surface area contributed by atoms with Crippen LogP contribution in [0.25, 0.3) is 11.1 Å². The molecular weight excluding hydrogens is 386 g/mol. The highest BCUT2D eigenvalue weighted by Gasteiger charge is 2.27. The second kappa shape index (κ2) is 9.75. The summed E-state index contributed by atoms with van der Waals surface area (Å²) in [6, 6.07) is 21.4. The van der Waals surface area contributed by atoms with Crippen LogP contribution in [0, 0.1) is 0 Å². The highest BCUT2D eigenvalue weighted by Crippen LogP contribution is 2.37. The maximum Gasteiger partial charge on any atom is 0.217 e. The summed E-state index contributed by atoms with van der Waals surface area (Å²) in [7, 11) is 1.72. The third kappa shape index (κ3) is 4.94. The molecule has 1 aromatic heterocycles. The van der Waals surface area contributed by atoms with Crippen LogP contribution >= 0.6 is 0 Å². The largest absolute Gasteiger partial charge is 0.496 e. The molecule has 1 atom stereocenters. The highest BCUT2D eigenvalue weighted by atomic mass is 16.5. The lowest BCUT2D eigenvalue weighted by molar-refractivity contribution is -0.119. The fourth-order valence-electron chi connectivity index (χ4n) is 4.42. The van der Waals surface area contributed by atoms with Crippen molar-refractivity contribution in [2.24, 2.45) is 0 Å². The molecule has 1 amide bonds. The fourth-order valence-corrected chi connectivity index (χ4v) is 4.42. The maximum absolute atomic E-state index is 11.3. The number of methoxy groups -OCH3 is 1. The predicted molar refractivity (Wildman–Crippen MR) is 123 cm³/mol. The van der Waals surface area contributed by atoms with Crippen LogP contribution in [0.4, 0.5) is 0 Å². The number of aromatic nitrogens is 1. The number of benzene rings is 2. The molecule has 0 aliphatic carbocycles. The number of rotatable bonds is 7. The molecule has 3 aromatic rings. The number of amides is 1. The number of nitrogens with zero attached hydrogens (tertiary/aromatic N) is 2. The number of likely N-dealkylation sites (tertiary alicyclic amines) is 1. The van der Waals surface area contributed by atoms with E-state index in [9.17, 15) is 4.79 Å². The van der Waals surface area contributed by atoms with Crippen molar-refractivity contribution in [2.45, 2.75) is 38.9 Å². The lowest BCUT2D eigenvalue weighted by atomic mass is 9.97. The van der Waals surface area contributed by atoms with Crippen molar-refractivity contribution in [2.75, 3.05) is 13.7 Å². The first-order chi connectivity index (χ1) is 15.2. The highest BCUT2D eigenvalue weighted by molar-refractivity contribution is 5.73. The van der Waals surface area contributed by atoms with Crippen LogP contribution in [0.5, 0.6) is 5.75 Å². The number of hydrogen-bond acceptors (Lipinski definition) is 4. The van der Waals surface area contributed by atoms with Gasteiger partial charge in [0.15, 0.2) is 0 Å². The van der Waals surface area contributed by atoms with Crippen molar-refractivity contribution in [1.29, 1.82) is 0 Å². The summed E-state index contributed by atoms with van der Waals surface area (Å²) in [6.07, 6.45) is 4.15. The van der Waals surface area contributed by atoms with Gasteiger partial charge in [0, 0.05) is 31.3 Å². The zero-order chi connectivity index (χ0) is 21.6. The van der Waals surface area contributed by atoms with Crippen LogP contribution < -0.4 is 10.1 Å². The van der Waals surface area contributed by atoms with Gasteiger partial charge in [-0.2, -0.15) is 0 Å². The van der Waals surface area contributed by atoms with E-state index in [2.05, 4.69) is 63.7 Å². The Morgan fingerprint density at radius 3 is 2.71 bits per heavy atom. The Kier molecular flexibility index (Phi) is 6.63. The van der Waals surface area contributed by atoms with Crippen molar-refractivity contribution >= 4 is 5.91 Å². The van der Waals surface area contributed by atoms with Gasteiger partial charge >= 0.3 is 0 Å². The summed E-state index contributed by atoms with van der Waals surface area (Å²) in [5.74, 6) is 0.854. The van der Waals surface area contributed by atoms with Crippen molar-refractivity contribution in [3.05, 3.63) is 83.7 Å². The second-order valence-corrected chi connectivity index (χ2v) is 7.98. The summed E-state index contributed by atoms with van der Waals surface area (Å²) in [5.41, 5.74) is 5.80. The molecule has 0 saturated carbocycles. The molecular formula is C26H29N3O2. The standard InChI is InChI=1S/C26H29N3O2/c1-19(30)28-17-22-16-20(13-14-27-22)25-11-7-15-29(25)18-21-8-3-4-9-23(21)24-10-5-6-12-26(24)31-2/h3-6,8-10,12-14,16,25H,7,11,15,17-18H2,1-2H3,(H,28,30)/t25-/m0/s1. The summed E-state index contributed by atoms with van der Waals surface area (Å²) >= 11 is 0. The SMILES string of the molecule is COc1ccccc1-c1ccccc1CN1CCC[C@H]1c1ccnc(CNC(C)=O)c1. The lowest BCUT2D eigenvalue weighted by Crippen LogP contribution is -2.24. The van der Waals surface area contributed by atoms with Crippen LogP contribution in [0.15, 0.2) is 66.9 Å². The Morgan fingerprint density at radius 1 is 1.13 bits per heavy atom. The molecule has 2 heterocycles. The number of pyridine rings is 1. The molecule has 5 heteroatoms. The number of ether oxygens (including phenoxy) is 1. The van der Waals surface area contributed by atoms with Gasteiger partial charge < -0.3 is 10.1 Å². The number of nitrogens with one attached hydrogen (secondary N) is 1. The van der Waals surface area contributed by atoms with E-state index in [4.69, 9.17) is 4.74 Å². The van der Waals surface area contributed by atoms with E-state index in [1.54, 1.807) is 7.11 Å². The Labute approximate surface area is 184 Å². The zero-order valence-corrected chi connectivity index (χ0v) is 18.2. The van der Waals surface area contributed by atoms with Crippen molar-refractivity contribution < 1.29 is 9.53 Å². The minimum absolute atomic E-state index is 0.0392.